The Bertz CT molecular complexity index is 619. The van der Waals surface area contributed by atoms with Crippen LogP contribution >= 0.6 is 23.2 Å². The van der Waals surface area contributed by atoms with E-state index >= 15 is 0 Å². The van der Waals surface area contributed by atoms with Crippen molar-refractivity contribution < 1.29 is 19.1 Å². The van der Waals surface area contributed by atoms with Crippen LogP contribution in [-0.2, 0) is 4.79 Å². The molecular weight excluding hydrogens is 346 g/mol. The normalized spacial score (nSPS) is 17.0. The van der Waals surface area contributed by atoms with Crippen LogP contribution in [0.15, 0.2) is 12.1 Å². The van der Waals surface area contributed by atoms with Gasteiger partial charge in [0, 0.05) is 23.7 Å². The minimum atomic E-state index is -0.836. The summed E-state index contributed by atoms with van der Waals surface area (Å²) in [5.74, 6) is -1.85. The number of hydrogen-bond acceptors (Lipinski definition) is 2. The van der Waals surface area contributed by atoms with Gasteiger partial charge < -0.3 is 15.3 Å². The number of nitrogens with zero attached hydrogens (tertiary/aromatic N) is 1. The molecule has 1 heterocycles. The van der Waals surface area contributed by atoms with Crippen molar-refractivity contribution in [2.75, 3.05) is 13.1 Å². The van der Waals surface area contributed by atoms with Crippen LogP contribution in [0, 0.1) is 11.7 Å². The van der Waals surface area contributed by atoms with Crippen molar-refractivity contribution in [2.45, 2.75) is 25.8 Å². The fourth-order valence-corrected chi connectivity index (χ4v) is 3.32. The molecule has 1 aromatic rings. The van der Waals surface area contributed by atoms with Crippen LogP contribution in [0.5, 0.6) is 0 Å². The smallest absolute Gasteiger partial charge is 0.317 e. The summed E-state index contributed by atoms with van der Waals surface area (Å²) in [6, 6.07) is 1.63. The van der Waals surface area contributed by atoms with Gasteiger partial charge in [-0.1, -0.05) is 23.2 Å². The summed E-state index contributed by atoms with van der Waals surface area (Å²) in [7, 11) is 0. The first-order valence-corrected chi connectivity index (χ1v) is 7.98. The number of nitrogens with one attached hydrogen (secondary N) is 1. The Morgan fingerprint density at radius 1 is 1.35 bits per heavy atom. The van der Waals surface area contributed by atoms with Gasteiger partial charge in [-0.25, -0.2) is 9.18 Å². The van der Waals surface area contributed by atoms with E-state index in [4.69, 9.17) is 28.3 Å². The highest BCUT2D eigenvalue weighted by Gasteiger charge is 2.28. The van der Waals surface area contributed by atoms with Crippen molar-refractivity contribution in [3.8, 4) is 0 Å². The molecule has 1 fully saturated rings. The lowest BCUT2D eigenvalue weighted by Gasteiger charge is -2.31. The van der Waals surface area contributed by atoms with Crippen molar-refractivity contribution in [1.29, 1.82) is 0 Å². The van der Waals surface area contributed by atoms with Gasteiger partial charge in [0.15, 0.2) is 0 Å². The molecule has 0 bridgehead atoms. The van der Waals surface area contributed by atoms with Gasteiger partial charge in [0.25, 0.3) is 0 Å². The van der Waals surface area contributed by atoms with Gasteiger partial charge in [0.1, 0.15) is 5.82 Å². The molecule has 0 aliphatic carbocycles. The Balaban J connectivity index is 2.01. The number of carbonyl (C=O) groups excluding carboxylic acids is 1. The number of aliphatic carboxylic acids is 1. The van der Waals surface area contributed by atoms with E-state index in [1.165, 1.54) is 17.0 Å². The number of carboxylic acid groups (broad SMARTS) is 1. The third kappa shape index (κ3) is 4.06. The zero-order chi connectivity index (χ0) is 17.1. The number of urea groups is 1. The van der Waals surface area contributed by atoms with Crippen molar-refractivity contribution in [3.05, 3.63) is 33.6 Å². The van der Waals surface area contributed by atoms with Gasteiger partial charge >= 0.3 is 12.0 Å². The van der Waals surface area contributed by atoms with Crippen LogP contribution < -0.4 is 5.32 Å². The Morgan fingerprint density at radius 2 is 1.96 bits per heavy atom. The van der Waals surface area contributed by atoms with Gasteiger partial charge in [0.05, 0.1) is 17.0 Å². The molecule has 1 saturated heterocycles. The number of likely N-dealkylation sites (tertiary alicyclic amines) is 1. The maximum Gasteiger partial charge on any atom is 0.317 e. The molecule has 2 rings (SSSR count). The molecule has 0 aromatic heterocycles. The molecule has 1 aliphatic heterocycles. The molecule has 0 radical (unpaired) electrons. The van der Waals surface area contributed by atoms with Crippen LogP contribution in [0.1, 0.15) is 31.4 Å². The zero-order valence-corrected chi connectivity index (χ0v) is 14.0. The second-order valence-corrected chi connectivity index (χ2v) is 6.31. The van der Waals surface area contributed by atoms with Crippen LogP contribution in [-0.4, -0.2) is 35.1 Å². The first-order chi connectivity index (χ1) is 10.8. The zero-order valence-electron chi connectivity index (χ0n) is 12.5. The summed E-state index contributed by atoms with van der Waals surface area (Å²) in [6.07, 6.45) is 0.831. The molecule has 2 amide bonds. The lowest BCUT2D eigenvalue weighted by molar-refractivity contribution is -0.143. The number of hydrogen-bond donors (Lipinski definition) is 2. The van der Waals surface area contributed by atoms with E-state index < -0.39 is 23.7 Å². The summed E-state index contributed by atoms with van der Waals surface area (Å²) < 4.78 is 13.6. The molecule has 8 heteroatoms. The van der Waals surface area contributed by atoms with E-state index in [1.807, 2.05) is 0 Å². The topological polar surface area (TPSA) is 69.6 Å². The quantitative estimate of drug-likeness (QED) is 0.805. The number of rotatable bonds is 3. The average molecular weight is 363 g/mol. The summed E-state index contributed by atoms with van der Waals surface area (Å²) in [4.78, 5) is 24.7. The third-order valence-corrected chi connectivity index (χ3v) is 4.70. The van der Waals surface area contributed by atoms with Crippen molar-refractivity contribution in [3.63, 3.8) is 0 Å². The van der Waals surface area contributed by atoms with Crippen LogP contribution in [0.4, 0.5) is 9.18 Å². The summed E-state index contributed by atoms with van der Waals surface area (Å²) in [5, 5.41) is 11.8. The molecular formula is C15H17Cl2FN2O3. The largest absolute Gasteiger partial charge is 0.481 e. The molecule has 0 spiro atoms. The summed E-state index contributed by atoms with van der Waals surface area (Å²) in [6.45, 7) is 2.38. The highest BCUT2D eigenvalue weighted by Crippen LogP contribution is 2.32. The molecule has 23 heavy (non-hydrogen) atoms. The van der Waals surface area contributed by atoms with E-state index in [-0.39, 0.29) is 16.1 Å². The van der Waals surface area contributed by atoms with E-state index in [0.717, 1.165) is 0 Å². The third-order valence-electron chi connectivity index (χ3n) is 3.98. The Hall–Kier alpha value is -1.53. The first-order valence-electron chi connectivity index (χ1n) is 7.23. The molecule has 1 atom stereocenters. The van der Waals surface area contributed by atoms with E-state index in [2.05, 4.69) is 5.32 Å². The maximum atomic E-state index is 13.6. The Kier molecular flexibility index (Phi) is 5.70. The van der Waals surface area contributed by atoms with Gasteiger partial charge in [0.2, 0.25) is 0 Å². The van der Waals surface area contributed by atoms with Gasteiger partial charge in [-0.15, -0.1) is 0 Å². The van der Waals surface area contributed by atoms with Gasteiger partial charge in [-0.05, 0) is 31.9 Å². The monoisotopic (exact) mass is 362 g/mol. The number of benzene rings is 1. The van der Waals surface area contributed by atoms with E-state index in [1.54, 1.807) is 6.92 Å². The predicted octanol–water partition coefficient (Wildman–Crippen LogP) is 3.70. The lowest BCUT2D eigenvalue weighted by Crippen LogP contribution is -2.46. The molecule has 1 aromatic carbocycles. The van der Waals surface area contributed by atoms with E-state index in [0.29, 0.717) is 31.5 Å². The fraction of sp³-hybridized carbons (Fsp3) is 0.467. The minimum Gasteiger partial charge on any atom is -0.481 e. The number of amides is 2. The molecule has 1 aliphatic rings. The highest BCUT2D eigenvalue weighted by molar-refractivity contribution is 6.36. The van der Waals surface area contributed by atoms with Crippen molar-refractivity contribution in [1.82, 2.24) is 10.2 Å². The second kappa shape index (κ2) is 7.36. The van der Waals surface area contributed by atoms with Crippen molar-refractivity contribution in [2.24, 2.45) is 5.92 Å². The van der Waals surface area contributed by atoms with E-state index in [9.17, 15) is 14.0 Å². The Morgan fingerprint density at radius 3 is 2.52 bits per heavy atom. The van der Waals surface area contributed by atoms with Crippen LogP contribution in [0.3, 0.4) is 0 Å². The maximum absolute atomic E-state index is 13.6. The number of carboxylic acids is 1. The molecule has 1 unspecified atom stereocenters. The SMILES string of the molecule is CC(NC(=O)N1CCC(C(=O)O)CC1)c1c(Cl)ccc(F)c1Cl. The van der Waals surface area contributed by atoms with Crippen LogP contribution in [0.2, 0.25) is 10.0 Å². The summed E-state index contributed by atoms with van der Waals surface area (Å²) >= 11 is 12.0. The highest BCUT2D eigenvalue weighted by atomic mass is 35.5. The Labute approximate surface area is 143 Å². The van der Waals surface area contributed by atoms with Crippen molar-refractivity contribution >= 4 is 35.2 Å². The van der Waals surface area contributed by atoms with Crippen LogP contribution in [0.25, 0.3) is 0 Å². The lowest BCUT2D eigenvalue weighted by atomic mass is 9.97. The standard InChI is InChI=1S/C15H17Cl2FN2O3/c1-8(12-10(16)2-3-11(18)13(12)17)19-15(23)20-6-4-9(5-7-20)14(21)22/h2-3,8-9H,4-7H2,1H3,(H,19,23)(H,21,22). The number of halogens is 3. The number of piperidine rings is 1. The van der Waals surface area contributed by atoms with Gasteiger partial charge in [-0.3, -0.25) is 4.79 Å². The fourth-order valence-electron chi connectivity index (χ4n) is 2.62. The van der Waals surface area contributed by atoms with Gasteiger partial charge in [-0.2, -0.15) is 0 Å². The average Bonchev–Trinajstić information content (AvgIpc) is 2.51. The first kappa shape index (κ1) is 17.8. The molecule has 5 nitrogen and oxygen atoms in total. The molecule has 2 N–H and O–H groups in total. The minimum absolute atomic E-state index is 0.116. The molecule has 0 saturated carbocycles. The predicted molar refractivity (Wildman–Crippen MR) is 85.3 cm³/mol. The molecule has 126 valence electrons. The summed E-state index contributed by atoms with van der Waals surface area (Å²) in [5.41, 5.74) is 0.321. The number of carbonyl (C=O) groups is 2. The second-order valence-electron chi connectivity index (χ2n) is 5.53.